The molecule has 0 atom stereocenters. The quantitative estimate of drug-likeness (QED) is 0.766. The van der Waals surface area contributed by atoms with E-state index in [2.05, 4.69) is 21.0 Å². The summed E-state index contributed by atoms with van der Waals surface area (Å²) in [5, 5.41) is 4.40. The van der Waals surface area contributed by atoms with E-state index in [1.54, 1.807) is 0 Å². The summed E-state index contributed by atoms with van der Waals surface area (Å²) in [5.74, 6) is 0.946. The number of ketones is 1. The standard InChI is InChI=1S/C16H19BrN2O2/c1-3-19-15(16(17)12(2)18-19)11-13(20)9-10-21-14-7-5-4-6-8-14/h4-8H,3,9-11H2,1-2H3. The maximum Gasteiger partial charge on any atom is 0.142 e. The van der Waals surface area contributed by atoms with Gasteiger partial charge in [-0.25, -0.2) is 0 Å². The van der Waals surface area contributed by atoms with Gasteiger partial charge in [0.1, 0.15) is 11.5 Å². The lowest BCUT2D eigenvalue weighted by Gasteiger charge is -2.07. The smallest absolute Gasteiger partial charge is 0.142 e. The van der Waals surface area contributed by atoms with Crippen molar-refractivity contribution >= 4 is 21.7 Å². The predicted octanol–water partition coefficient (Wildman–Crippen LogP) is 3.55. The first kappa shape index (κ1) is 15.8. The Kier molecular flexibility index (Phi) is 5.56. The number of para-hydroxylation sites is 1. The minimum Gasteiger partial charge on any atom is -0.493 e. The van der Waals surface area contributed by atoms with Gasteiger partial charge >= 0.3 is 0 Å². The molecule has 0 spiro atoms. The highest BCUT2D eigenvalue weighted by Gasteiger charge is 2.15. The maximum absolute atomic E-state index is 12.1. The summed E-state index contributed by atoms with van der Waals surface area (Å²) in [5.41, 5.74) is 1.86. The number of aryl methyl sites for hydroxylation is 2. The topological polar surface area (TPSA) is 44.1 Å². The van der Waals surface area contributed by atoms with Crippen LogP contribution in [0.25, 0.3) is 0 Å². The molecule has 0 aliphatic rings. The number of hydrogen-bond acceptors (Lipinski definition) is 3. The lowest BCUT2D eigenvalue weighted by molar-refractivity contribution is -0.119. The zero-order valence-corrected chi connectivity index (χ0v) is 13.9. The van der Waals surface area contributed by atoms with E-state index < -0.39 is 0 Å². The molecule has 0 amide bonds. The Morgan fingerprint density at radius 3 is 2.71 bits per heavy atom. The summed E-state index contributed by atoms with van der Waals surface area (Å²) >= 11 is 3.51. The minimum absolute atomic E-state index is 0.154. The second-order valence-corrected chi connectivity index (χ2v) is 5.58. The minimum atomic E-state index is 0.154. The third-order valence-electron chi connectivity index (χ3n) is 3.21. The third kappa shape index (κ3) is 4.17. The van der Waals surface area contributed by atoms with Crippen molar-refractivity contribution in [3.8, 4) is 5.75 Å². The van der Waals surface area contributed by atoms with Crippen LogP contribution in [0.2, 0.25) is 0 Å². The molecule has 0 aliphatic heterocycles. The molecule has 2 aromatic rings. The van der Waals surface area contributed by atoms with E-state index >= 15 is 0 Å². The lowest BCUT2D eigenvalue weighted by atomic mass is 10.1. The van der Waals surface area contributed by atoms with Crippen LogP contribution in [-0.4, -0.2) is 22.2 Å². The van der Waals surface area contributed by atoms with Crippen LogP contribution in [0.15, 0.2) is 34.8 Å². The van der Waals surface area contributed by atoms with Gasteiger partial charge in [0.2, 0.25) is 0 Å². The molecule has 0 radical (unpaired) electrons. The van der Waals surface area contributed by atoms with E-state index in [9.17, 15) is 4.79 Å². The average Bonchev–Trinajstić information content (AvgIpc) is 2.76. The molecule has 0 unspecified atom stereocenters. The number of Topliss-reactive ketones (excluding diaryl/α,β-unsaturated/α-hetero) is 1. The first-order chi connectivity index (χ1) is 10.1. The number of benzene rings is 1. The predicted molar refractivity (Wildman–Crippen MR) is 85.6 cm³/mol. The van der Waals surface area contributed by atoms with Crippen molar-refractivity contribution in [2.24, 2.45) is 0 Å². The summed E-state index contributed by atoms with van der Waals surface area (Å²) in [6.45, 7) is 5.11. The Balaban J connectivity index is 1.88. The van der Waals surface area contributed by atoms with E-state index in [4.69, 9.17) is 4.74 Å². The Morgan fingerprint density at radius 1 is 1.33 bits per heavy atom. The Labute approximate surface area is 133 Å². The second kappa shape index (κ2) is 7.41. The number of halogens is 1. The fraction of sp³-hybridized carbons (Fsp3) is 0.375. The molecule has 0 saturated carbocycles. The average molecular weight is 351 g/mol. The van der Waals surface area contributed by atoms with Gasteiger partial charge in [-0.3, -0.25) is 9.48 Å². The monoisotopic (exact) mass is 350 g/mol. The first-order valence-corrected chi connectivity index (χ1v) is 7.82. The van der Waals surface area contributed by atoms with Gasteiger partial charge in [0.25, 0.3) is 0 Å². The molecular formula is C16H19BrN2O2. The zero-order valence-electron chi connectivity index (χ0n) is 12.3. The number of ether oxygens (including phenoxy) is 1. The van der Waals surface area contributed by atoms with E-state index in [1.165, 1.54) is 0 Å². The van der Waals surface area contributed by atoms with Gasteiger partial charge in [-0.2, -0.15) is 5.10 Å². The van der Waals surface area contributed by atoms with Crippen LogP contribution in [0.4, 0.5) is 0 Å². The molecule has 0 saturated heterocycles. The van der Waals surface area contributed by atoms with Gasteiger partial charge in [0.05, 0.1) is 22.5 Å². The number of rotatable bonds is 7. The van der Waals surface area contributed by atoms with Crippen LogP contribution in [-0.2, 0) is 17.8 Å². The summed E-state index contributed by atoms with van der Waals surface area (Å²) < 4.78 is 8.35. The molecule has 0 N–H and O–H groups in total. The largest absolute Gasteiger partial charge is 0.493 e. The van der Waals surface area contributed by atoms with E-state index in [0.29, 0.717) is 19.4 Å². The van der Waals surface area contributed by atoms with Crippen LogP contribution in [0, 0.1) is 6.92 Å². The number of carbonyl (C=O) groups excluding carboxylic acids is 1. The molecule has 21 heavy (non-hydrogen) atoms. The van der Waals surface area contributed by atoms with Gasteiger partial charge in [0.15, 0.2) is 0 Å². The highest BCUT2D eigenvalue weighted by molar-refractivity contribution is 9.10. The maximum atomic E-state index is 12.1. The van der Waals surface area contributed by atoms with Gasteiger partial charge in [-0.1, -0.05) is 18.2 Å². The molecular weight excluding hydrogens is 332 g/mol. The van der Waals surface area contributed by atoms with Gasteiger partial charge in [0, 0.05) is 19.4 Å². The first-order valence-electron chi connectivity index (χ1n) is 7.03. The summed E-state index contributed by atoms with van der Waals surface area (Å²) in [6.07, 6.45) is 0.780. The van der Waals surface area contributed by atoms with Gasteiger partial charge in [-0.15, -0.1) is 0 Å². The van der Waals surface area contributed by atoms with Crippen molar-refractivity contribution in [1.82, 2.24) is 9.78 Å². The summed E-state index contributed by atoms with van der Waals surface area (Å²) in [7, 11) is 0. The molecule has 1 aromatic carbocycles. The van der Waals surface area contributed by atoms with Crippen molar-refractivity contribution in [3.05, 3.63) is 46.2 Å². The van der Waals surface area contributed by atoms with Crippen LogP contribution in [0.5, 0.6) is 5.75 Å². The number of nitrogens with zero attached hydrogens (tertiary/aromatic N) is 2. The highest BCUT2D eigenvalue weighted by Crippen LogP contribution is 2.22. The van der Waals surface area contributed by atoms with Crippen molar-refractivity contribution in [1.29, 1.82) is 0 Å². The number of hydrogen-bond donors (Lipinski definition) is 0. The Hall–Kier alpha value is -1.62. The molecule has 0 bridgehead atoms. The molecule has 5 heteroatoms. The van der Waals surface area contributed by atoms with Gasteiger partial charge in [-0.05, 0) is 41.9 Å². The van der Waals surface area contributed by atoms with E-state index in [-0.39, 0.29) is 5.78 Å². The fourth-order valence-electron chi connectivity index (χ4n) is 2.11. The fourth-order valence-corrected chi connectivity index (χ4v) is 2.54. The highest BCUT2D eigenvalue weighted by atomic mass is 79.9. The Bertz CT molecular complexity index is 608. The molecule has 1 heterocycles. The Morgan fingerprint density at radius 2 is 2.05 bits per heavy atom. The van der Waals surface area contributed by atoms with Crippen molar-refractivity contribution in [2.45, 2.75) is 33.2 Å². The van der Waals surface area contributed by atoms with E-state index in [1.807, 2.05) is 48.9 Å². The van der Waals surface area contributed by atoms with Crippen LogP contribution in [0.3, 0.4) is 0 Å². The zero-order chi connectivity index (χ0) is 15.2. The molecule has 2 rings (SSSR count). The van der Waals surface area contributed by atoms with Gasteiger partial charge < -0.3 is 4.74 Å². The number of carbonyl (C=O) groups is 1. The van der Waals surface area contributed by atoms with Crippen molar-refractivity contribution in [2.75, 3.05) is 6.61 Å². The van der Waals surface area contributed by atoms with Crippen molar-refractivity contribution in [3.63, 3.8) is 0 Å². The van der Waals surface area contributed by atoms with Crippen molar-refractivity contribution < 1.29 is 9.53 Å². The molecule has 0 fully saturated rings. The molecule has 0 aliphatic carbocycles. The number of aromatic nitrogens is 2. The van der Waals surface area contributed by atoms with Crippen LogP contribution >= 0.6 is 15.9 Å². The van der Waals surface area contributed by atoms with Crippen LogP contribution in [0.1, 0.15) is 24.7 Å². The SMILES string of the molecule is CCn1nc(C)c(Br)c1CC(=O)CCOc1ccccc1. The molecule has 112 valence electrons. The normalized spacial score (nSPS) is 10.6. The lowest BCUT2D eigenvalue weighted by Crippen LogP contribution is -2.12. The molecule has 1 aromatic heterocycles. The molecule has 4 nitrogen and oxygen atoms in total. The van der Waals surface area contributed by atoms with Crippen LogP contribution < -0.4 is 4.74 Å². The summed E-state index contributed by atoms with van der Waals surface area (Å²) in [4.78, 5) is 12.1. The second-order valence-electron chi connectivity index (χ2n) is 4.79. The third-order valence-corrected chi connectivity index (χ3v) is 4.24. The van der Waals surface area contributed by atoms with E-state index in [0.717, 1.165) is 28.2 Å². The summed E-state index contributed by atoms with van der Waals surface area (Å²) in [6, 6.07) is 9.53.